The van der Waals surface area contributed by atoms with Gasteiger partial charge in [0.25, 0.3) is 0 Å². The minimum atomic E-state index is -1.63. The second-order valence-corrected chi connectivity index (χ2v) is 6.38. The summed E-state index contributed by atoms with van der Waals surface area (Å²) in [4.78, 5) is 18.0. The fourth-order valence-electron chi connectivity index (χ4n) is 2.27. The summed E-state index contributed by atoms with van der Waals surface area (Å²) in [6.45, 7) is 4.11. The Kier molecular flexibility index (Phi) is 7.90. The summed E-state index contributed by atoms with van der Waals surface area (Å²) in [6, 6.07) is 1.71. The van der Waals surface area contributed by atoms with Gasteiger partial charge in [0.2, 0.25) is 5.91 Å². The van der Waals surface area contributed by atoms with Crippen LogP contribution in [0.2, 0.25) is 0 Å². The highest BCUT2D eigenvalue weighted by molar-refractivity contribution is 5.94. The molecule has 27 heavy (non-hydrogen) atoms. The molecule has 0 aromatic heterocycles. The van der Waals surface area contributed by atoms with Gasteiger partial charge in [-0.2, -0.15) is 0 Å². The first-order chi connectivity index (χ1) is 12.9. The highest BCUT2D eigenvalue weighted by Crippen LogP contribution is 2.28. The molecular formula is C18H25F3N4O2. The van der Waals surface area contributed by atoms with Gasteiger partial charge < -0.3 is 20.3 Å². The minimum absolute atomic E-state index is 0.298. The van der Waals surface area contributed by atoms with Crippen LogP contribution in [0.5, 0.6) is 0 Å². The number of rotatable bonds is 9. The molecule has 2 rings (SSSR count). The van der Waals surface area contributed by atoms with E-state index in [1.807, 2.05) is 18.9 Å². The number of likely N-dealkylation sites (N-methyl/N-ethyl adjacent to an activating group) is 1. The van der Waals surface area contributed by atoms with Gasteiger partial charge in [0, 0.05) is 26.7 Å². The summed E-state index contributed by atoms with van der Waals surface area (Å²) in [7, 11) is 1.81. The second-order valence-electron chi connectivity index (χ2n) is 6.38. The third-order valence-corrected chi connectivity index (χ3v) is 4.00. The number of amides is 1. The Bertz CT molecular complexity index is 681. The van der Waals surface area contributed by atoms with E-state index in [1.54, 1.807) is 0 Å². The quantitative estimate of drug-likeness (QED) is 0.296. The van der Waals surface area contributed by atoms with Gasteiger partial charge in [0.15, 0.2) is 23.4 Å². The number of nitrogens with one attached hydrogen (secondary N) is 2. The number of halogens is 3. The van der Waals surface area contributed by atoms with Crippen LogP contribution in [0, 0.1) is 23.4 Å². The highest BCUT2D eigenvalue weighted by Gasteiger charge is 2.21. The standard InChI is InChI=1S/C18H25F3N4O2/c1-3-22-18(25(2)8-9-27-11-12-4-5-12)23-10-15(26)24-14-7-6-13(19)16(20)17(14)21/h6-7,12H,3-5,8-11H2,1-2H3,(H,22,23)(H,24,26). The molecule has 0 atom stereocenters. The number of hydrogen-bond acceptors (Lipinski definition) is 3. The van der Waals surface area contributed by atoms with E-state index in [4.69, 9.17) is 4.74 Å². The van der Waals surface area contributed by atoms with Crippen molar-refractivity contribution in [2.75, 3.05) is 45.2 Å². The molecule has 0 unspecified atom stereocenters. The van der Waals surface area contributed by atoms with Crippen LogP contribution in [-0.4, -0.2) is 56.7 Å². The Labute approximate surface area is 156 Å². The molecule has 0 heterocycles. The van der Waals surface area contributed by atoms with Gasteiger partial charge in [-0.3, -0.25) is 4.79 Å². The second kappa shape index (κ2) is 10.1. The number of hydrogen-bond donors (Lipinski definition) is 2. The SMILES string of the molecule is CCNC(=NCC(=O)Nc1ccc(F)c(F)c1F)N(C)CCOCC1CC1. The molecule has 1 fully saturated rings. The topological polar surface area (TPSA) is 66.0 Å². The predicted molar refractivity (Wildman–Crippen MR) is 97.1 cm³/mol. The van der Waals surface area contributed by atoms with E-state index in [0.717, 1.165) is 18.7 Å². The molecule has 1 aromatic carbocycles. The van der Waals surface area contributed by atoms with Gasteiger partial charge in [-0.1, -0.05) is 0 Å². The van der Waals surface area contributed by atoms with Gasteiger partial charge in [-0.15, -0.1) is 0 Å². The Morgan fingerprint density at radius 1 is 1.30 bits per heavy atom. The Hall–Kier alpha value is -2.29. The predicted octanol–water partition coefficient (Wildman–Crippen LogP) is 2.37. The van der Waals surface area contributed by atoms with Crippen molar-refractivity contribution >= 4 is 17.6 Å². The summed E-state index contributed by atoms with van der Waals surface area (Å²) in [5.74, 6) is -3.84. The maximum atomic E-state index is 13.6. The molecule has 0 bridgehead atoms. The monoisotopic (exact) mass is 386 g/mol. The fourth-order valence-corrected chi connectivity index (χ4v) is 2.27. The number of nitrogens with zero attached hydrogens (tertiary/aromatic N) is 2. The average Bonchev–Trinajstić information content (AvgIpc) is 3.47. The van der Waals surface area contributed by atoms with Gasteiger partial charge >= 0.3 is 0 Å². The van der Waals surface area contributed by atoms with E-state index >= 15 is 0 Å². The molecular weight excluding hydrogens is 361 g/mol. The molecule has 150 valence electrons. The normalized spacial score (nSPS) is 14.2. The third kappa shape index (κ3) is 6.74. The summed E-state index contributed by atoms with van der Waals surface area (Å²) in [6.07, 6.45) is 2.46. The lowest BCUT2D eigenvalue weighted by Crippen LogP contribution is -2.41. The van der Waals surface area contributed by atoms with Crippen molar-refractivity contribution in [3.63, 3.8) is 0 Å². The number of benzene rings is 1. The summed E-state index contributed by atoms with van der Waals surface area (Å²) in [5, 5.41) is 5.24. The van der Waals surface area contributed by atoms with E-state index < -0.39 is 29.0 Å². The van der Waals surface area contributed by atoms with Crippen LogP contribution in [0.4, 0.5) is 18.9 Å². The van der Waals surface area contributed by atoms with Crippen LogP contribution < -0.4 is 10.6 Å². The van der Waals surface area contributed by atoms with Crippen LogP contribution in [0.3, 0.4) is 0 Å². The van der Waals surface area contributed by atoms with Crippen LogP contribution in [0.15, 0.2) is 17.1 Å². The smallest absolute Gasteiger partial charge is 0.246 e. The molecule has 9 heteroatoms. The first-order valence-corrected chi connectivity index (χ1v) is 8.92. The third-order valence-electron chi connectivity index (χ3n) is 4.00. The Morgan fingerprint density at radius 3 is 2.70 bits per heavy atom. The number of aliphatic imine (C=N–C) groups is 1. The average molecular weight is 386 g/mol. The van der Waals surface area contributed by atoms with Crippen molar-refractivity contribution in [3.8, 4) is 0 Å². The van der Waals surface area contributed by atoms with Crippen molar-refractivity contribution in [1.29, 1.82) is 0 Å². The van der Waals surface area contributed by atoms with E-state index in [-0.39, 0.29) is 6.54 Å². The summed E-state index contributed by atoms with van der Waals surface area (Å²) in [5.41, 5.74) is -0.430. The zero-order chi connectivity index (χ0) is 19.8. The molecule has 2 N–H and O–H groups in total. The van der Waals surface area contributed by atoms with Crippen LogP contribution in [0.25, 0.3) is 0 Å². The minimum Gasteiger partial charge on any atom is -0.379 e. The number of guanidine groups is 1. The maximum absolute atomic E-state index is 13.6. The van der Waals surface area contributed by atoms with Crippen molar-refractivity contribution in [2.45, 2.75) is 19.8 Å². The Balaban J connectivity index is 1.86. The molecule has 0 aliphatic heterocycles. The lowest BCUT2D eigenvalue weighted by molar-refractivity contribution is -0.114. The maximum Gasteiger partial charge on any atom is 0.246 e. The van der Waals surface area contributed by atoms with Crippen molar-refractivity contribution < 1.29 is 22.7 Å². The first-order valence-electron chi connectivity index (χ1n) is 8.92. The van der Waals surface area contributed by atoms with E-state index in [2.05, 4.69) is 15.6 Å². The van der Waals surface area contributed by atoms with Crippen LogP contribution in [-0.2, 0) is 9.53 Å². The Morgan fingerprint density at radius 2 is 2.04 bits per heavy atom. The zero-order valence-corrected chi connectivity index (χ0v) is 15.5. The van der Waals surface area contributed by atoms with Gasteiger partial charge in [-0.25, -0.2) is 18.2 Å². The van der Waals surface area contributed by atoms with Crippen molar-refractivity contribution in [2.24, 2.45) is 10.9 Å². The van der Waals surface area contributed by atoms with Crippen LogP contribution >= 0.6 is 0 Å². The lowest BCUT2D eigenvalue weighted by Gasteiger charge is -2.22. The van der Waals surface area contributed by atoms with Crippen molar-refractivity contribution in [3.05, 3.63) is 29.6 Å². The molecule has 1 aliphatic carbocycles. The molecule has 0 saturated heterocycles. The largest absolute Gasteiger partial charge is 0.379 e. The molecule has 0 radical (unpaired) electrons. The van der Waals surface area contributed by atoms with Crippen LogP contribution in [0.1, 0.15) is 19.8 Å². The highest BCUT2D eigenvalue weighted by atomic mass is 19.2. The van der Waals surface area contributed by atoms with Gasteiger partial charge in [0.05, 0.1) is 12.3 Å². The summed E-state index contributed by atoms with van der Waals surface area (Å²) < 4.78 is 45.3. The molecule has 0 spiro atoms. The zero-order valence-electron chi connectivity index (χ0n) is 15.5. The van der Waals surface area contributed by atoms with Crippen molar-refractivity contribution in [1.82, 2.24) is 10.2 Å². The fraction of sp³-hybridized carbons (Fsp3) is 0.556. The number of ether oxygens (including phenoxy) is 1. The number of carbonyl (C=O) groups excluding carboxylic acids is 1. The molecule has 1 saturated carbocycles. The van der Waals surface area contributed by atoms with E-state index in [1.165, 1.54) is 12.8 Å². The number of carbonyl (C=O) groups is 1. The van der Waals surface area contributed by atoms with E-state index in [0.29, 0.717) is 31.6 Å². The molecule has 6 nitrogen and oxygen atoms in total. The molecule has 1 aromatic rings. The van der Waals surface area contributed by atoms with E-state index in [9.17, 15) is 18.0 Å². The molecule has 1 aliphatic rings. The van der Waals surface area contributed by atoms with Gasteiger partial charge in [-0.05, 0) is 37.8 Å². The van der Waals surface area contributed by atoms with Gasteiger partial charge in [0.1, 0.15) is 6.54 Å². The molecule has 1 amide bonds. The number of anilines is 1. The first kappa shape index (κ1) is 21.0. The summed E-state index contributed by atoms with van der Waals surface area (Å²) >= 11 is 0. The lowest BCUT2D eigenvalue weighted by atomic mass is 10.3.